The molecule has 1 aliphatic rings. The van der Waals surface area contributed by atoms with E-state index in [9.17, 15) is 26.2 Å². The standard InChI is InChI=1S/C24H21F5N2O2S/c1-3-12-4-7-19(17(27)8-12)30-24-22(29)18(28)11-20(33-2)23(24)31-34(32)21-10-15(21)14-6-5-13(25)9-16(14)26/h4-9,11,15,21,30-31H,3,10H2,1-2H3. The van der Waals surface area contributed by atoms with Gasteiger partial charge < -0.3 is 10.1 Å². The summed E-state index contributed by atoms with van der Waals surface area (Å²) in [6.07, 6.45) is 0.923. The van der Waals surface area contributed by atoms with Gasteiger partial charge in [0.15, 0.2) is 11.6 Å². The first-order valence-corrected chi connectivity index (χ1v) is 11.7. The van der Waals surface area contributed by atoms with Crippen LogP contribution in [0.4, 0.5) is 39.0 Å². The minimum atomic E-state index is -1.87. The summed E-state index contributed by atoms with van der Waals surface area (Å²) in [5.41, 5.74) is 0.153. The van der Waals surface area contributed by atoms with Crippen LogP contribution in [0.3, 0.4) is 0 Å². The van der Waals surface area contributed by atoms with Gasteiger partial charge >= 0.3 is 0 Å². The van der Waals surface area contributed by atoms with Gasteiger partial charge in [-0.2, -0.15) is 0 Å². The number of anilines is 3. The van der Waals surface area contributed by atoms with E-state index >= 15 is 0 Å². The van der Waals surface area contributed by atoms with Crippen LogP contribution in [-0.2, 0) is 17.4 Å². The molecule has 180 valence electrons. The Kier molecular flexibility index (Phi) is 6.79. The molecule has 3 aromatic rings. The smallest absolute Gasteiger partial charge is 0.184 e. The molecule has 3 aromatic carbocycles. The van der Waals surface area contributed by atoms with Gasteiger partial charge in [-0.15, -0.1) is 0 Å². The molecule has 0 aliphatic heterocycles. The SMILES string of the molecule is CCc1ccc(Nc2c(F)c(F)cc(OC)c2NS(=O)C2CC2c2ccc(F)cc2F)c(F)c1. The second-order valence-electron chi connectivity index (χ2n) is 7.86. The molecule has 0 bridgehead atoms. The van der Waals surface area contributed by atoms with Crippen LogP contribution in [0.5, 0.6) is 5.75 Å². The third-order valence-corrected chi connectivity index (χ3v) is 7.15. The Morgan fingerprint density at radius 1 is 0.971 bits per heavy atom. The minimum absolute atomic E-state index is 0.115. The summed E-state index contributed by atoms with van der Waals surface area (Å²) in [6.45, 7) is 1.85. The molecule has 3 atom stereocenters. The van der Waals surface area contributed by atoms with Crippen molar-refractivity contribution in [1.29, 1.82) is 0 Å². The van der Waals surface area contributed by atoms with E-state index in [1.165, 1.54) is 25.3 Å². The summed E-state index contributed by atoms with van der Waals surface area (Å²) in [6, 6.07) is 8.23. The Morgan fingerprint density at radius 3 is 2.38 bits per heavy atom. The van der Waals surface area contributed by atoms with Gasteiger partial charge in [0.1, 0.15) is 45.6 Å². The van der Waals surface area contributed by atoms with Gasteiger partial charge in [-0.25, -0.2) is 26.2 Å². The maximum absolute atomic E-state index is 14.8. The van der Waals surface area contributed by atoms with E-state index in [2.05, 4.69) is 10.0 Å². The zero-order chi connectivity index (χ0) is 24.6. The number of hydrogen-bond donors (Lipinski definition) is 2. The number of nitrogens with one attached hydrogen (secondary N) is 2. The summed E-state index contributed by atoms with van der Waals surface area (Å²) in [4.78, 5) is 0. The fourth-order valence-electron chi connectivity index (χ4n) is 3.71. The lowest BCUT2D eigenvalue weighted by Gasteiger charge is -2.18. The molecule has 1 saturated carbocycles. The lowest BCUT2D eigenvalue weighted by atomic mass is 10.1. The molecule has 1 fully saturated rings. The second-order valence-corrected chi connectivity index (χ2v) is 9.27. The average molecular weight is 497 g/mol. The first kappa shape index (κ1) is 24.0. The van der Waals surface area contributed by atoms with Crippen molar-refractivity contribution in [1.82, 2.24) is 0 Å². The highest BCUT2D eigenvalue weighted by molar-refractivity contribution is 7.87. The molecule has 0 heterocycles. The summed E-state index contributed by atoms with van der Waals surface area (Å²) in [5.74, 6) is -5.33. The van der Waals surface area contributed by atoms with Crippen molar-refractivity contribution in [3.8, 4) is 5.75 Å². The van der Waals surface area contributed by atoms with Gasteiger partial charge in [0.2, 0.25) is 0 Å². The minimum Gasteiger partial charge on any atom is -0.494 e. The zero-order valence-electron chi connectivity index (χ0n) is 18.2. The maximum Gasteiger partial charge on any atom is 0.184 e. The van der Waals surface area contributed by atoms with Gasteiger partial charge in [0.05, 0.1) is 18.0 Å². The van der Waals surface area contributed by atoms with Gasteiger partial charge in [-0.3, -0.25) is 4.72 Å². The quantitative estimate of drug-likeness (QED) is 0.359. The summed E-state index contributed by atoms with van der Waals surface area (Å²) < 4.78 is 91.6. The molecule has 10 heteroatoms. The van der Waals surface area contributed by atoms with Crippen molar-refractivity contribution in [2.75, 3.05) is 17.1 Å². The third kappa shape index (κ3) is 4.72. The van der Waals surface area contributed by atoms with Crippen molar-refractivity contribution in [2.24, 2.45) is 0 Å². The number of hydrogen-bond acceptors (Lipinski definition) is 3. The van der Waals surface area contributed by atoms with Crippen molar-refractivity contribution in [2.45, 2.75) is 30.9 Å². The highest BCUT2D eigenvalue weighted by Gasteiger charge is 2.45. The fourth-order valence-corrected chi connectivity index (χ4v) is 5.09. The fraction of sp³-hybridized carbons (Fsp3) is 0.250. The predicted octanol–water partition coefficient (Wildman–Crippen LogP) is 6.33. The topological polar surface area (TPSA) is 50.4 Å². The zero-order valence-corrected chi connectivity index (χ0v) is 19.0. The number of aryl methyl sites for hydroxylation is 1. The van der Waals surface area contributed by atoms with Crippen molar-refractivity contribution >= 4 is 28.0 Å². The van der Waals surface area contributed by atoms with Crippen molar-refractivity contribution in [3.63, 3.8) is 0 Å². The van der Waals surface area contributed by atoms with Crippen LogP contribution < -0.4 is 14.8 Å². The average Bonchev–Trinajstić information content (AvgIpc) is 3.60. The lowest BCUT2D eigenvalue weighted by molar-refractivity contribution is 0.409. The van der Waals surface area contributed by atoms with Crippen LogP contribution in [-0.4, -0.2) is 16.6 Å². The Morgan fingerprint density at radius 2 is 1.74 bits per heavy atom. The normalized spacial score (nSPS) is 17.9. The maximum atomic E-state index is 14.8. The van der Waals surface area contributed by atoms with E-state index in [1.54, 1.807) is 6.07 Å². The van der Waals surface area contributed by atoms with Crippen molar-refractivity contribution in [3.05, 3.63) is 82.7 Å². The molecule has 2 N–H and O–H groups in total. The molecule has 0 aromatic heterocycles. The van der Waals surface area contributed by atoms with E-state index in [0.29, 0.717) is 18.4 Å². The highest BCUT2D eigenvalue weighted by atomic mass is 32.2. The van der Waals surface area contributed by atoms with E-state index < -0.39 is 56.9 Å². The number of ether oxygens (including phenoxy) is 1. The number of methoxy groups -OCH3 is 1. The van der Waals surface area contributed by atoms with E-state index in [4.69, 9.17) is 4.74 Å². The lowest BCUT2D eigenvalue weighted by Crippen LogP contribution is -2.14. The molecular formula is C24H21F5N2O2S. The summed E-state index contributed by atoms with van der Waals surface area (Å²) in [5, 5.41) is 1.97. The Hall–Kier alpha value is -3.14. The molecular weight excluding hydrogens is 475 g/mol. The van der Waals surface area contributed by atoms with Crippen LogP contribution >= 0.6 is 0 Å². The van der Waals surface area contributed by atoms with Crippen LogP contribution in [0, 0.1) is 29.1 Å². The Labute approximate surface area is 195 Å². The first-order valence-electron chi connectivity index (χ1n) is 10.5. The second kappa shape index (κ2) is 9.61. The van der Waals surface area contributed by atoms with E-state index in [0.717, 1.165) is 18.2 Å². The molecule has 4 rings (SSSR count). The summed E-state index contributed by atoms with van der Waals surface area (Å²) >= 11 is 0. The van der Waals surface area contributed by atoms with E-state index in [1.807, 2.05) is 6.92 Å². The van der Waals surface area contributed by atoms with Gasteiger partial charge in [-0.1, -0.05) is 19.1 Å². The largest absolute Gasteiger partial charge is 0.494 e. The Balaban J connectivity index is 1.63. The summed E-state index contributed by atoms with van der Waals surface area (Å²) in [7, 11) is -0.657. The molecule has 34 heavy (non-hydrogen) atoms. The number of halogens is 5. The monoisotopic (exact) mass is 496 g/mol. The predicted molar refractivity (Wildman–Crippen MR) is 121 cm³/mol. The third-order valence-electron chi connectivity index (χ3n) is 5.68. The number of rotatable bonds is 8. The van der Waals surface area contributed by atoms with Crippen LogP contribution in [0.15, 0.2) is 42.5 Å². The van der Waals surface area contributed by atoms with Crippen LogP contribution in [0.25, 0.3) is 0 Å². The first-order chi connectivity index (χ1) is 16.2. The van der Waals surface area contributed by atoms with E-state index in [-0.39, 0.29) is 22.7 Å². The highest BCUT2D eigenvalue weighted by Crippen LogP contribution is 2.47. The molecule has 3 unspecified atom stereocenters. The van der Waals surface area contributed by atoms with Gasteiger partial charge in [-0.05, 0) is 42.2 Å². The van der Waals surface area contributed by atoms with Crippen molar-refractivity contribution < 1.29 is 30.9 Å². The molecule has 0 radical (unpaired) electrons. The van der Waals surface area contributed by atoms with Crippen LogP contribution in [0.2, 0.25) is 0 Å². The number of benzene rings is 3. The Bertz CT molecular complexity index is 1270. The molecule has 1 aliphatic carbocycles. The van der Waals surface area contributed by atoms with Gasteiger partial charge in [0.25, 0.3) is 0 Å². The molecule has 4 nitrogen and oxygen atoms in total. The molecule has 0 amide bonds. The van der Waals surface area contributed by atoms with Gasteiger partial charge in [0, 0.05) is 18.1 Å². The van der Waals surface area contributed by atoms with Crippen LogP contribution in [0.1, 0.15) is 30.4 Å². The molecule has 0 spiro atoms. The molecule has 0 saturated heterocycles.